The quantitative estimate of drug-likeness (QED) is 0.489. The van der Waals surface area contributed by atoms with Crippen LogP contribution >= 0.6 is 22.9 Å². The number of thiophene rings is 1. The molecule has 28 heavy (non-hydrogen) atoms. The fraction of sp³-hybridized carbons (Fsp3) is 0.174. The first-order valence-corrected chi connectivity index (χ1v) is 10.2. The maximum atomic E-state index is 14.0. The van der Waals surface area contributed by atoms with E-state index in [-0.39, 0.29) is 5.56 Å². The van der Waals surface area contributed by atoms with E-state index in [1.807, 2.05) is 18.2 Å². The number of amides is 1. The van der Waals surface area contributed by atoms with Crippen molar-refractivity contribution in [3.8, 4) is 22.3 Å². The SMILES string of the molecule is Cc1cccc(F)c1C(=O)Nc1ccc(-c2sc(C#CC3CC3)cc2Cl)cc1. The van der Waals surface area contributed by atoms with Crippen LogP contribution in [-0.4, -0.2) is 5.91 Å². The average Bonchev–Trinajstić information content (AvgIpc) is 3.42. The predicted octanol–water partition coefficient (Wildman–Crippen LogP) is 6.53. The number of anilines is 1. The second kappa shape index (κ2) is 7.79. The molecule has 0 radical (unpaired) electrons. The second-order valence-corrected chi connectivity index (χ2v) is 8.25. The van der Waals surface area contributed by atoms with E-state index in [2.05, 4.69) is 17.2 Å². The predicted molar refractivity (Wildman–Crippen MR) is 113 cm³/mol. The van der Waals surface area contributed by atoms with Crippen molar-refractivity contribution >= 4 is 34.5 Å². The molecule has 1 N–H and O–H groups in total. The summed E-state index contributed by atoms with van der Waals surface area (Å²) in [5.74, 6) is 5.99. The Morgan fingerprint density at radius 1 is 1.21 bits per heavy atom. The van der Waals surface area contributed by atoms with E-state index < -0.39 is 11.7 Å². The minimum Gasteiger partial charge on any atom is -0.322 e. The number of hydrogen-bond donors (Lipinski definition) is 1. The smallest absolute Gasteiger partial charge is 0.258 e. The van der Waals surface area contributed by atoms with Crippen molar-refractivity contribution in [3.63, 3.8) is 0 Å². The van der Waals surface area contributed by atoms with E-state index in [0.717, 1.165) is 15.3 Å². The molecule has 0 bridgehead atoms. The van der Waals surface area contributed by atoms with Crippen molar-refractivity contribution in [1.82, 2.24) is 0 Å². The van der Waals surface area contributed by atoms with Crippen LogP contribution < -0.4 is 5.32 Å². The maximum absolute atomic E-state index is 14.0. The van der Waals surface area contributed by atoms with Gasteiger partial charge in [-0.2, -0.15) is 0 Å². The number of carbonyl (C=O) groups is 1. The molecular formula is C23H17ClFNOS. The number of halogens is 2. The molecular weight excluding hydrogens is 393 g/mol. The van der Waals surface area contributed by atoms with Crippen molar-refractivity contribution in [1.29, 1.82) is 0 Å². The molecule has 0 unspecified atom stereocenters. The third-order valence-corrected chi connectivity index (χ3v) is 6.03. The van der Waals surface area contributed by atoms with Gasteiger partial charge in [-0.05, 0) is 55.2 Å². The zero-order chi connectivity index (χ0) is 19.7. The molecule has 2 aromatic carbocycles. The number of nitrogens with one attached hydrogen (secondary N) is 1. The Balaban J connectivity index is 1.51. The van der Waals surface area contributed by atoms with Crippen molar-refractivity contribution in [2.75, 3.05) is 5.32 Å². The summed E-state index contributed by atoms with van der Waals surface area (Å²) in [7, 11) is 0. The van der Waals surface area contributed by atoms with Crippen LogP contribution in [0.5, 0.6) is 0 Å². The molecule has 1 saturated carbocycles. The summed E-state index contributed by atoms with van der Waals surface area (Å²) in [5.41, 5.74) is 2.21. The molecule has 1 aliphatic rings. The van der Waals surface area contributed by atoms with Gasteiger partial charge in [-0.25, -0.2) is 4.39 Å². The molecule has 0 spiro atoms. The number of carbonyl (C=O) groups excluding carboxylic acids is 1. The lowest BCUT2D eigenvalue weighted by molar-refractivity contribution is 0.102. The van der Waals surface area contributed by atoms with Crippen molar-refractivity contribution in [3.05, 3.63) is 75.4 Å². The van der Waals surface area contributed by atoms with Gasteiger partial charge in [-0.15, -0.1) is 11.3 Å². The molecule has 4 rings (SSSR count). The molecule has 1 heterocycles. The molecule has 140 valence electrons. The standard InChI is InChI=1S/C23H17ClFNOS/c1-14-3-2-4-20(25)21(14)23(27)26-17-10-8-16(9-11-17)22-19(24)13-18(28-22)12-7-15-5-6-15/h2-4,8-11,13,15H,5-6H2,1H3,(H,26,27). The highest BCUT2D eigenvalue weighted by atomic mass is 35.5. The third kappa shape index (κ3) is 4.11. The van der Waals surface area contributed by atoms with Gasteiger partial charge in [-0.1, -0.05) is 47.7 Å². The summed E-state index contributed by atoms with van der Waals surface area (Å²) in [6.45, 7) is 1.71. The number of rotatable bonds is 3. The average molecular weight is 410 g/mol. The lowest BCUT2D eigenvalue weighted by atomic mass is 10.1. The van der Waals surface area contributed by atoms with E-state index in [0.29, 0.717) is 22.2 Å². The first kappa shape index (κ1) is 18.7. The topological polar surface area (TPSA) is 29.1 Å². The van der Waals surface area contributed by atoms with Crippen molar-refractivity contribution in [2.45, 2.75) is 19.8 Å². The highest BCUT2D eigenvalue weighted by Gasteiger charge is 2.18. The first-order chi connectivity index (χ1) is 13.5. The Morgan fingerprint density at radius 3 is 2.64 bits per heavy atom. The van der Waals surface area contributed by atoms with E-state index in [1.165, 1.54) is 18.9 Å². The molecule has 1 aliphatic carbocycles. The Bertz CT molecular complexity index is 1080. The van der Waals surface area contributed by atoms with Gasteiger partial charge in [0.2, 0.25) is 0 Å². The molecule has 0 aliphatic heterocycles. The van der Waals surface area contributed by atoms with Crippen LogP contribution in [0.1, 0.15) is 33.6 Å². The molecule has 1 amide bonds. The van der Waals surface area contributed by atoms with Gasteiger partial charge < -0.3 is 5.32 Å². The highest BCUT2D eigenvalue weighted by Crippen LogP contribution is 2.37. The molecule has 3 aromatic rings. The summed E-state index contributed by atoms with van der Waals surface area (Å²) < 4.78 is 14.0. The van der Waals surface area contributed by atoms with Crippen molar-refractivity contribution < 1.29 is 9.18 Å². The maximum Gasteiger partial charge on any atom is 0.258 e. The lowest BCUT2D eigenvalue weighted by Crippen LogP contribution is -2.15. The van der Waals surface area contributed by atoms with Gasteiger partial charge in [0.25, 0.3) is 5.91 Å². The fourth-order valence-corrected chi connectivity index (χ4v) is 4.16. The van der Waals surface area contributed by atoms with Gasteiger partial charge in [-0.3, -0.25) is 4.79 Å². The normalized spacial score (nSPS) is 13.0. The number of aryl methyl sites for hydroxylation is 1. The molecule has 1 fully saturated rings. The van der Waals surface area contributed by atoms with Crippen LogP contribution in [0.4, 0.5) is 10.1 Å². The zero-order valence-electron chi connectivity index (χ0n) is 15.2. The second-order valence-electron chi connectivity index (χ2n) is 6.79. The minimum atomic E-state index is -0.528. The van der Waals surface area contributed by atoms with Crippen LogP contribution in [0.2, 0.25) is 5.02 Å². The van der Waals surface area contributed by atoms with Gasteiger partial charge in [0.15, 0.2) is 0 Å². The Morgan fingerprint density at radius 2 is 1.96 bits per heavy atom. The van der Waals surface area contributed by atoms with E-state index >= 15 is 0 Å². The molecule has 2 nitrogen and oxygen atoms in total. The van der Waals surface area contributed by atoms with E-state index in [1.54, 1.807) is 42.5 Å². The van der Waals surface area contributed by atoms with Gasteiger partial charge >= 0.3 is 0 Å². The summed E-state index contributed by atoms with van der Waals surface area (Å²) >= 11 is 7.94. The number of hydrogen-bond acceptors (Lipinski definition) is 2. The zero-order valence-corrected chi connectivity index (χ0v) is 16.8. The number of benzene rings is 2. The summed E-state index contributed by atoms with van der Waals surface area (Å²) in [5, 5.41) is 3.42. The van der Waals surface area contributed by atoms with Gasteiger partial charge in [0, 0.05) is 11.6 Å². The Kier molecular flexibility index (Phi) is 5.21. The molecule has 1 aromatic heterocycles. The largest absolute Gasteiger partial charge is 0.322 e. The third-order valence-electron chi connectivity index (χ3n) is 4.52. The Hall–Kier alpha value is -2.61. The highest BCUT2D eigenvalue weighted by molar-refractivity contribution is 7.16. The lowest BCUT2D eigenvalue weighted by Gasteiger charge is -2.09. The minimum absolute atomic E-state index is 0.0618. The van der Waals surface area contributed by atoms with Crippen LogP contribution in [0.15, 0.2) is 48.5 Å². The van der Waals surface area contributed by atoms with Crippen molar-refractivity contribution in [2.24, 2.45) is 5.92 Å². The summed E-state index contributed by atoms with van der Waals surface area (Å²) in [6, 6.07) is 13.8. The van der Waals surface area contributed by atoms with E-state index in [9.17, 15) is 9.18 Å². The van der Waals surface area contributed by atoms with Crippen LogP contribution in [0, 0.1) is 30.5 Å². The van der Waals surface area contributed by atoms with Crippen LogP contribution in [-0.2, 0) is 0 Å². The molecule has 5 heteroatoms. The van der Waals surface area contributed by atoms with Gasteiger partial charge in [0.1, 0.15) is 5.82 Å². The summed E-state index contributed by atoms with van der Waals surface area (Å²) in [4.78, 5) is 14.3. The van der Waals surface area contributed by atoms with Crippen LogP contribution in [0.3, 0.4) is 0 Å². The van der Waals surface area contributed by atoms with Gasteiger partial charge in [0.05, 0.1) is 20.3 Å². The summed E-state index contributed by atoms with van der Waals surface area (Å²) in [6.07, 6.45) is 2.39. The monoisotopic (exact) mass is 409 g/mol. The fourth-order valence-electron chi connectivity index (χ4n) is 2.85. The van der Waals surface area contributed by atoms with E-state index in [4.69, 9.17) is 11.6 Å². The first-order valence-electron chi connectivity index (χ1n) is 8.99. The Labute approximate surface area is 172 Å². The molecule has 0 atom stereocenters. The van der Waals surface area contributed by atoms with Crippen LogP contribution in [0.25, 0.3) is 10.4 Å². The molecule has 0 saturated heterocycles.